The molecule has 0 radical (unpaired) electrons. The molecule has 3 rings (SSSR count). The van der Waals surface area contributed by atoms with Crippen LogP contribution in [0.5, 0.6) is 0 Å². The number of rotatable bonds is 8. The van der Waals surface area contributed by atoms with Gasteiger partial charge in [-0.15, -0.1) is 0 Å². The predicted molar refractivity (Wildman–Crippen MR) is 134 cm³/mol. The van der Waals surface area contributed by atoms with Gasteiger partial charge in [0, 0.05) is 43.2 Å². The van der Waals surface area contributed by atoms with Crippen molar-refractivity contribution in [3.05, 3.63) is 64.7 Å². The quantitative estimate of drug-likeness (QED) is 0.596. The number of nitrogens with one attached hydrogen (secondary N) is 1. The SMILES string of the molecule is CCC(C)[C@@H]1N=C(c2ccccc2)c2cc(Cl)ccc2N(CCC(=O)NS(=O)(=O)N(C)C)C1=O. The van der Waals surface area contributed by atoms with Crippen LogP contribution in [-0.2, 0) is 19.8 Å². The van der Waals surface area contributed by atoms with Crippen LogP contribution in [0.25, 0.3) is 0 Å². The van der Waals surface area contributed by atoms with Gasteiger partial charge in [0.05, 0.1) is 11.4 Å². The lowest BCUT2D eigenvalue weighted by Gasteiger charge is -2.27. The number of nitrogens with zero attached hydrogens (tertiary/aromatic N) is 3. The van der Waals surface area contributed by atoms with Gasteiger partial charge in [-0.25, -0.2) is 4.72 Å². The monoisotopic (exact) mass is 504 g/mol. The van der Waals surface area contributed by atoms with Gasteiger partial charge in [-0.3, -0.25) is 14.6 Å². The molecule has 8 nitrogen and oxygen atoms in total. The fourth-order valence-corrected chi connectivity index (χ4v) is 4.37. The third-order valence-electron chi connectivity index (χ3n) is 5.81. The molecule has 1 heterocycles. The van der Waals surface area contributed by atoms with Gasteiger partial charge in [0.2, 0.25) is 5.91 Å². The number of carbonyl (C=O) groups is 2. The summed E-state index contributed by atoms with van der Waals surface area (Å²) in [5.41, 5.74) is 2.76. The standard InChI is InChI=1S/C24H29ClN4O4S/c1-5-16(2)22-24(31)29(14-13-21(30)27-34(32,33)28(3)4)20-12-11-18(25)15-19(20)23(26-22)17-9-7-6-8-10-17/h6-12,15-16,22H,5,13-14H2,1-4H3,(H,27,30)/t16?,22-/m0/s1. The first kappa shape index (κ1) is 25.9. The first-order valence-corrected chi connectivity index (χ1v) is 12.8. The first-order chi connectivity index (χ1) is 16.0. The Kier molecular flexibility index (Phi) is 8.12. The maximum atomic E-state index is 13.7. The molecule has 1 aliphatic heterocycles. The van der Waals surface area contributed by atoms with Gasteiger partial charge >= 0.3 is 10.2 Å². The summed E-state index contributed by atoms with van der Waals surface area (Å²) in [5, 5.41) is 0.492. The van der Waals surface area contributed by atoms with Crippen LogP contribution in [0, 0.1) is 5.92 Å². The minimum atomic E-state index is -3.92. The lowest BCUT2D eigenvalue weighted by molar-refractivity contribution is -0.121. The Morgan fingerprint density at radius 1 is 1.21 bits per heavy atom. The summed E-state index contributed by atoms with van der Waals surface area (Å²) in [7, 11) is -1.27. The lowest BCUT2D eigenvalue weighted by atomic mass is 9.98. The van der Waals surface area contributed by atoms with Gasteiger partial charge in [0.1, 0.15) is 6.04 Å². The zero-order valence-corrected chi connectivity index (χ0v) is 21.2. The van der Waals surface area contributed by atoms with Crippen LogP contribution in [0.15, 0.2) is 53.5 Å². The number of halogens is 1. The maximum Gasteiger partial charge on any atom is 0.303 e. The molecule has 182 valence electrons. The van der Waals surface area contributed by atoms with Crippen molar-refractivity contribution >= 4 is 45.0 Å². The molecule has 2 aromatic carbocycles. The Labute approximate surface area is 205 Å². The van der Waals surface area contributed by atoms with E-state index < -0.39 is 22.2 Å². The minimum Gasteiger partial charge on any atom is -0.309 e. The van der Waals surface area contributed by atoms with E-state index in [-0.39, 0.29) is 24.8 Å². The minimum absolute atomic E-state index is 0.00717. The molecule has 1 N–H and O–H groups in total. The van der Waals surface area contributed by atoms with Gasteiger partial charge in [0.25, 0.3) is 5.91 Å². The number of hydrogen-bond donors (Lipinski definition) is 1. The highest BCUT2D eigenvalue weighted by Crippen LogP contribution is 2.33. The number of aliphatic imine (C=N–C) groups is 1. The maximum absolute atomic E-state index is 13.7. The fraction of sp³-hybridized carbons (Fsp3) is 0.375. The Morgan fingerprint density at radius 3 is 2.50 bits per heavy atom. The molecule has 0 fully saturated rings. The van der Waals surface area contributed by atoms with Crippen LogP contribution >= 0.6 is 11.6 Å². The smallest absolute Gasteiger partial charge is 0.303 e. The van der Waals surface area contributed by atoms with E-state index in [0.29, 0.717) is 22.0 Å². The van der Waals surface area contributed by atoms with E-state index in [4.69, 9.17) is 16.6 Å². The molecule has 2 aromatic rings. The van der Waals surface area contributed by atoms with E-state index in [2.05, 4.69) is 0 Å². The van der Waals surface area contributed by atoms with E-state index in [1.165, 1.54) is 19.0 Å². The third kappa shape index (κ3) is 5.65. The van der Waals surface area contributed by atoms with Crippen molar-refractivity contribution < 1.29 is 18.0 Å². The number of amides is 2. The summed E-state index contributed by atoms with van der Waals surface area (Å²) in [6.07, 6.45) is 0.531. The summed E-state index contributed by atoms with van der Waals surface area (Å²) in [6, 6.07) is 14.1. The second-order valence-corrected chi connectivity index (χ2v) is 10.7. The van der Waals surface area contributed by atoms with Crippen molar-refractivity contribution in [1.82, 2.24) is 9.03 Å². The molecular weight excluding hydrogens is 476 g/mol. The van der Waals surface area contributed by atoms with Crippen molar-refractivity contribution in [2.24, 2.45) is 10.9 Å². The number of fused-ring (bicyclic) bond motifs is 1. The second kappa shape index (κ2) is 10.7. The molecule has 0 aromatic heterocycles. The highest BCUT2D eigenvalue weighted by molar-refractivity contribution is 7.87. The molecule has 0 saturated carbocycles. The largest absolute Gasteiger partial charge is 0.309 e. The molecule has 1 unspecified atom stereocenters. The summed E-state index contributed by atoms with van der Waals surface area (Å²) >= 11 is 6.33. The van der Waals surface area contributed by atoms with Gasteiger partial charge in [0.15, 0.2) is 0 Å². The van der Waals surface area contributed by atoms with E-state index in [1.807, 2.05) is 48.9 Å². The average Bonchev–Trinajstić information content (AvgIpc) is 2.91. The highest BCUT2D eigenvalue weighted by Gasteiger charge is 2.35. The normalized spacial score (nSPS) is 17.1. The van der Waals surface area contributed by atoms with E-state index >= 15 is 0 Å². The molecule has 10 heteroatoms. The molecule has 0 saturated heterocycles. The molecule has 1 aliphatic rings. The van der Waals surface area contributed by atoms with Crippen molar-refractivity contribution in [3.63, 3.8) is 0 Å². The van der Waals surface area contributed by atoms with Crippen molar-refractivity contribution in [2.75, 3.05) is 25.5 Å². The Morgan fingerprint density at radius 2 is 1.88 bits per heavy atom. The van der Waals surface area contributed by atoms with Crippen LogP contribution in [0.4, 0.5) is 5.69 Å². The van der Waals surface area contributed by atoms with Gasteiger partial charge < -0.3 is 4.90 Å². The number of carbonyl (C=O) groups excluding carboxylic acids is 2. The molecule has 34 heavy (non-hydrogen) atoms. The van der Waals surface area contributed by atoms with Crippen LogP contribution in [0.2, 0.25) is 5.02 Å². The summed E-state index contributed by atoms with van der Waals surface area (Å²) in [5.74, 6) is -1.00. The molecule has 2 amide bonds. The van der Waals surface area contributed by atoms with Crippen molar-refractivity contribution in [3.8, 4) is 0 Å². The van der Waals surface area contributed by atoms with Crippen molar-refractivity contribution in [1.29, 1.82) is 0 Å². The number of benzodiazepines with no additional fused rings is 1. The van der Waals surface area contributed by atoms with Crippen LogP contribution in [0.1, 0.15) is 37.8 Å². The number of benzene rings is 2. The van der Waals surface area contributed by atoms with Gasteiger partial charge in [-0.2, -0.15) is 12.7 Å². The molecule has 2 atom stereocenters. The fourth-order valence-electron chi connectivity index (χ4n) is 3.63. The lowest BCUT2D eigenvalue weighted by Crippen LogP contribution is -2.44. The number of hydrogen-bond acceptors (Lipinski definition) is 5. The third-order valence-corrected chi connectivity index (χ3v) is 7.49. The average molecular weight is 505 g/mol. The van der Waals surface area contributed by atoms with Crippen LogP contribution in [-0.4, -0.2) is 56.9 Å². The molecule has 0 bridgehead atoms. The molecule has 0 aliphatic carbocycles. The zero-order chi connectivity index (χ0) is 25.0. The number of anilines is 1. The topological polar surface area (TPSA) is 99.2 Å². The van der Waals surface area contributed by atoms with Crippen LogP contribution in [0.3, 0.4) is 0 Å². The van der Waals surface area contributed by atoms with E-state index in [0.717, 1.165) is 16.3 Å². The Bertz CT molecular complexity index is 1200. The summed E-state index contributed by atoms with van der Waals surface area (Å²) in [4.78, 5) is 32.5. The van der Waals surface area contributed by atoms with E-state index in [1.54, 1.807) is 18.2 Å². The van der Waals surface area contributed by atoms with Crippen molar-refractivity contribution in [2.45, 2.75) is 32.7 Å². The summed E-state index contributed by atoms with van der Waals surface area (Å²) < 4.78 is 26.9. The van der Waals surface area contributed by atoms with Gasteiger partial charge in [-0.05, 0) is 24.1 Å². The highest BCUT2D eigenvalue weighted by atomic mass is 35.5. The van der Waals surface area contributed by atoms with Gasteiger partial charge in [-0.1, -0.05) is 62.2 Å². The molecule has 0 spiro atoms. The molecular formula is C24H29ClN4O4S. The zero-order valence-electron chi connectivity index (χ0n) is 19.7. The first-order valence-electron chi connectivity index (χ1n) is 11.0. The Hall–Kier alpha value is -2.75. The predicted octanol–water partition coefficient (Wildman–Crippen LogP) is 3.25. The summed E-state index contributed by atoms with van der Waals surface area (Å²) in [6.45, 7) is 3.95. The van der Waals surface area contributed by atoms with E-state index in [9.17, 15) is 18.0 Å². The Balaban J connectivity index is 2.04. The van der Waals surface area contributed by atoms with Crippen LogP contribution < -0.4 is 9.62 Å². The second-order valence-electron chi connectivity index (χ2n) is 8.39.